The summed E-state index contributed by atoms with van der Waals surface area (Å²) in [5.74, 6) is -0.0411. The van der Waals surface area contributed by atoms with Gasteiger partial charge in [-0.15, -0.1) is 11.3 Å². The Morgan fingerprint density at radius 2 is 1.92 bits per heavy atom. The predicted octanol–water partition coefficient (Wildman–Crippen LogP) is 4.37. The van der Waals surface area contributed by atoms with E-state index in [1.54, 1.807) is 17.4 Å². The van der Waals surface area contributed by atoms with Gasteiger partial charge in [0.2, 0.25) is 5.91 Å². The van der Waals surface area contributed by atoms with Crippen LogP contribution >= 0.6 is 11.3 Å². The first-order chi connectivity index (χ1) is 12.2. The molecule has 132 valence electrons. The maximum atomic E-state index is 12.1. The number of nitrogens with zero attached hydrogens (tertiary/aromatic N) is 1. The molecule has 0 radical (unpaired) electrons. The zero-order chi connectivity index (χ0) is 17.5. The van der Waals surface area contributed by atoms with Crippen LogP contribution in [-0.2, 0) is 17.9 Å². The van der Waals surface area contributed by atoms with Crippen molar-refractivity contribution in [1.29, 1.82) is 0 Å². The first kappa shape index (κ1) is 17.9. The van der Waals surface area contributed by atoms with Crippen LogP contribution in [0.3, 0.4) is 0 Å². The van der Waals surface area contributed by atoms with Gasteiger partial charge in [-0.3, -0.25) is 9.69 Å². The Balaban J connectivity index is 1.56. The zero-order valence-corrected chi connectivity index (χ0v) is 15.6. The van der Waals surface area contributed by atoms with E-state index in [0.29, 0.717) is 6.54 Å². The molecule has 1 saturated heterocycles. The van der Waals surface area contributed by atoms with E-state index >= 15 is 0 Å². The Bertz CT molecular complexity index is 729. The van der Waals surface area contributed by atoms with Gasteiger partial charge < -0.3 is 5.32 Å². The molecule has 2 heterocycles. The highest BCUT2D eigenvalue weighted by atomic mass is 32.1. The lowest BCUT2D eigenvalue weighted by Gasteiger charge is -2.27. The average molecular weight is 355 g/mol. The summed E-state index contributed by atoms with van der Waals surface area (Å²) >= 11 is 1.66. The number of piperidine rings is 1. The molecule has 0 bridgehead atoms. The Hall–Kier alpha value is -1.91. The van der Waals surface area contributed by atoms with Gasteiger partial charge in [0.25, 0.3) is 0 Å². The summed E-state index contributed by atoms with van der Waals surface area (Å²) in [6, 6.07) is 10.5. The third-order valence-electron chi connectivity index (χ3n) is 4.70. The maximum absolute atomic E-state index is 12.1. The van der Waals surface area contributed by atoms with Crippen LogP contribution in [0.25, 0.3) is 6.08 Å². The molecule has 1 aromatic heterocycles. The van der Waals surface area contributed by atoms with E-state index in [1.807, 2.05) is 17.5 Å². The first-order valence-corrected chi connectivity index (χ1v) is 9.89. The third-order valence-corrected chi connectivity index (χ3v) is 5.69. The molecular weight excluding hydrogens is 328 g/mol. The molecule has 3 rings (SSSR count). The highest BCUT2D eigenvalue weighted by Crippen LogP contribution is 2.17. The van der Waals surface area contributed by atoms with E-state index in [1.165, 1.54) is 49.0 Å². The van der Waals surface area contributed by atoms with Gasteiger partial charge in [0.05, 0.1) is 0 Å². The van der Waals surface area contributed by atoms with Gasteiger partial charge in [0, 0.05) is 24.0 Å². The standard InChI is InChI=1S/C21H26N2OS/c1-17-11-14-25-20(17)9-10-21(24)22-15-18-7-3-4-8-19(18)16-23-12-5-2-6-13-23/h3-4,7-11,14H,2,5-6,12-13,15-16H2,1H3,(H,22,24)/b10-9+. The van der Waals surface area contributed by atoms with Gasteiger partial charge in [-0.2, -0.15) is 0 Å². The third kappa shape index (κ3) is 5.28. The largest absolute Gasteiger partial charge is 0.348 e. The lowest BCUT2D eigenvalue weighted by atomic mass is 10.0. The van der Waals surface area contributed by atoms with Gasteiger partial charge in [0.15, 0.2) is 0 Å². The van der Waals surface area contributed by atoms with E-state index < -0.39 is 0 Å². The molecule has 25 heavy (non-hydrogen) atoms. The summed E-state index contributed by atoms with van der Waals surface area (Å²) in [5, 5.41) is 5.06. The molecule has 0 atom stereocenters. The SMILES string of the molecule is Cc1ccsc1/C=C/C(=O)NCc1ccccc1CN1CCCCC1. The minimum atomic E-state index is -0.0411. The Morgan fingerprint density at radius 1 is 1.16 bits per heavy atom. The smallest absolute Gasteiger partial charge is 0.244 e. The molecule has 0 saturated carbocycles. The Labute approximate surface area is 154 Å². The van der Waals surface area contributed by atoms with E-state index in [0.717, 1.165) is 11.4 Å². The second kappa shape index (κ2) is 8.97. The normalized spacial score (nSPS) is 15.6. The van der Waals surface area contributed by atoms with Gasteiger partial charge in [-0.25, -0.2) is 0 Å². The number of hydrogen-bond acceptors (Lipinski definition) is 3. The van der Waals surface area contributed by atoms with Crippen molar-refractivity contribution in [2.75, 3.05) is 13.1 Å². The highest BCUT2D eigenvalue weighted by Gasteiger charge is 2.12. The molecule has 1 aliphatic rings. The summed E-state index contributed by atoms with van der Waals surface area (Å²) in [5.41, 5.74) is 3.74. The monoisotopic (exact) mass is 354 g/mol. The molecule has 3 nitrogen and oxygen atoms in total. The molecule has 1 amide bonds. The summed E-state index contributed by atoms with van der Waals surface area (Å²) < 4.78 is 0. The lowest BCUT2D eigenvalue weighted by molar-refractivity contribution is -0.116. The molecule has 0 unspecified atom stereocenters. The molecule has 0 aliphatic carbocycles. The Morgan fingerprint density at radius 3 is 2.64 bits per heavy atom. The maximum Gasteiger partial charge on any atom is 0.244 e. The summed E-state index contributed by atoms with van der Waals surface area (Å²) in [6.45, 7) is 5.99. The number of aryl methyl sites for hydroxylation is 1. The van der Waals surface area contributed by atoms with Crippen LogP contribution in [0.1, 0.15) is 40.8 Å². The fourth-order valence-electron chi connectivity index (χ4n) is 3.19. The van der Waals surface area contributed by atoms with Crippen LogP contribution in [0.15, 0.2) is 41.8 Å². The van der Waals surface area contributed by atoms with Crippen molar-refractivity contribution in [1.82, 2.24) is 10.2 Å². The van der Waals surface area contributed by atoms with Crippen LogP contribution in [0.2, 0.25) is 0 Å². The minimum absolute atomic E-state index is 0.0411. The van der Waals surface area contributed by atoms with Crippen molar-refractivity contribution in [3.05, 3.63) is 63.4 Å². The van der Waals surface area contributed by atoms with E-state index in [9.17, 15) is 4.79 Å². The number of hydrogen-bond donors (Lipinski definition) is 1. The summed E-state index contributed by atoms with van der Waals surface area (Å²) in [4.78, 5) is 15.8. The Kier molecular flexibility index (Phi) is 6.42. The molecule has 1 N–H and O–H groups in total. The van der Waals surface area contributed by atoms with Crippen molar-refractivity contribution in [3.8, 4) is 0 Å². The van der Waals surface area contributed by atoms with Crippen molar-refractivity contribution in [2.24, 2.45) is 0 Å². The van der Waals surface area contributed by atoms with E-state index in [-0.39, 0.29) is 5.91 Å². The zero-order valence-electron chi connectivity index (χ0n) is 14.8. The molecule has 1 fully saturated rings. The highest BCUT2D eigenvalue weighted by molar-refractivity contribution is 7.11. The van der Waals surface area contributed by atoms with Crippen LogP contribution in [0.4, 0.5) is 0 Å². The van der Waals surface area contributed by atoms with Gasteiger partial charge >= 0.3 is 0 Å². The van der Waals surface area contributed by atoms with Crippen molar-refractivity contribution in [3.63, 3.8) is 0 Å². The second-order valence-corrected chi connectivity index (χ2v) is 7.57. The van der Waals surface area contributed by atoms with Crippen LogP contribution in [-0.4, -0.2) is 23.9 Å². The average Bonchev–Trinajstić information content (AvgIpc) is 3.05. The number of carbonyl (C=O) groups excluding carboxylic acids is 1. The molecule has 2 aromatic rings. The molecule has 0 spiro atoms. The molecule has 1 aromatic carbocycles. The summed E-state index contributed by atoms with van der Waals surface area (Å²) in [6.07, 6.45) is 7.48. The molecular formula is C21H26N2OS. The van der Waals surface area contributed by atoms with E-state index in [4.69, 9.17) is 0 Å². The number of benzene rings is 1. The predicted molar refractivity (Wildman–Crippen MR) is 106 cm³/mol. The fourth-order valence-corrected chi connectivity index (χ4v) is 4.01. The quantitative estimate of drug-likeness (QED) is 0.781. The second-order valence-electron chi connectivity index (χ2n) is 6.62. The number of rotatable bonds is 6. The fraction of sp³-hybridized carbons (Fsp3) is 0.381. The van der Waals surface area contributed by atoms with E-state index in [2.05, 4.69) is 41.4 Å². The topological polar surface area (TPSA) is 32.3 Å². The van der Waals surface area contributed by atoms with Crippen LogP contribution in [0, 0.1) is 6.92 Å². The number of likely N-dealkylation sites (tertiary alicyclic amines) is 1. The lowest BCUT2D eigenvalue weighted by Crippen LogP contribution is -2.30. The number of carbonyl (C=O) groups is 1. The van der Waals surface area contributed by atoms with Gasteiger partial charge in [-0.1, -0.05) is 30.7 Å². The van der Waals surface area contributed by atoms with Crippen LogP contribution < -0.4 is 5.32 Å². The van der Waals surface area contributed by atoms with Crippen molar-refractivity contribution in [2.45, 2.75) is 39.3 Å². The van der Waals surface area contributed by atoms with Gasteiger partial charge in [0.1, 0.15) is 0 Å². The minimum Gasteiger partial charge on any atom is -0.348 e. The van der Waals surface area contributed by atoms with Crippen molar-refractivity contribution >= 4 is 23.3 Å². The molecule has 4 heteroatoms. The number of nitrogens with one attached hydrogen (secondary N) is 1. The summed E-state index contributed by atoms with van der Waals surface area (Å²) in [7, 11) is 0. The number of amides is 1. The van der Waals surface area contributed by atoms with Crippen molar-refractivity contribution < 1.29 is 4.79 Å². The van der Waals surface area contributed by atoms with Crippen LogP contribution in [0.5, 0.6) is 0 Å². The molecule has 1 aliphatic heterocycles. The van der Waals surface area contributed by atoms with Gasteiger partial charge in [-0.05, 0) is 67.1 Å². The number of thiophene rings is 1. The first-order valence-electron chi connectivity index (χ1n) is 9.01.